The van der Waals surface area contributed by atoms with Crippen molar-refractivity contribution in [1.29, 1.82) is 0 Å². The zero-order chi connectivity index (χ0) is 6.97. The Labute approximate surface area is 66.7 Å². The van der Waals surface area contributed by atoms with Crippen LogP contribution in [0.25, 0.3) is 0 Å². The molecule has 0 aromatic heterocycles. The molecular formula is C8H15NS. The van der Waals surface area contributed by atoms with Crippen LogP contribution in [0.4, 0.5) is 0 Å². The molecule has 0 spiro atoms. The first kappa shape index (κ1) is 6.99. The number of hydrogen-bond acceptors (Lipinski definition) is 2. The quantitative estimate of drug-likeness (QED) is 0.626. The lowest BCUT2D eigenvalue weighted by atomic mass is 9.98. The first-order valence-electron chi connectivity index (χ1n) is 4.25. The maximum Gasteiger partial charge on any atom is 0.0253 e. The molecule has 1 saturated carbocycles. The van der Waals surface area contributed by atoms with Gasteiger partial charge in [0.25, 0.3) is 0 Å². The van der Waals surface area contributed by atoms with Gasteiger partial charge in [0.05, 0.1) is 0 Å². The molecule has 2 rings (SSSR count). The minimum atomic E-state index is 0.535. The molecule has 1 aliphatic carbocycles. The van der Waals surface area contributed by atoms with Crippen molar-refractivity contribution in [3.63, 3.8) is 0 Å². The van der Waals surface area contributed by atoms with Crippen LogP contribution in [0, 0.1) is 5.92 Å². The molecule has 1 heterocycles. The van der Waals surface area contributed by atoms with Gasteiger partial charge in [-0.05, 0) is 18.8 Å². The smallest absolute Gasteiger partial charge is 0.0253 e. The average Bonchev–Trinajstić information content (AvgIpc) is 2.37. The zero-order valence-electron chi connectivity index (χ0n) is 6.25. The fourth-order valence-electron chi connectivity index (χ4n) is 2.09. The molecule has 2 heteroatoms. The minimum absolute atomic E-state index is 0.535. The Morgan fingerprint density at radius 3 is 2.30 bits per heavy atom. The Morgan fingerprint density at radius 1 is 1.20 bits per heavy atom. The summed E-state index contributed by atoms with van der Waals surface area (Å²) in [6.45, 7) is 0. The number of hydrogen-bond donors (Lipinski definition) is 1. The molecule has 10 heavy (non-hydrogen) atoms. The maximum atomic E-state index is 5.88. The minimum Gasteiger partial charge on any atom is -0.326 e. The van der Waals surface area contributed by atoms with Crippen LogP contribution in [0.1, 0.15) is 25.7 Å². The maximum absolute atomic E-state index is 5.88. The highest BCUT2D eigenvalue weighted by Gasteiger charge is 2.36. The summed E-state index contributed by atoms with van der Waals surface area (Å²) >= 11 is 2.09. The molecule has 0 bridgehead atoms. The summed E-state index contributed by atoms with van der Waals surface area (Å²) in [5, 5.41) is 0.836. The number of thioether (sulfide) groups is 1. The molecule has 1 saturated heterocycles. The van der Waals surface area contributed by atoms with Crippen LogP contribution in [0.3, 0.4) is 0 Å². The summed E-state index contributed by atoms with van der Waals surface area (Å²) in [7, 11) is 0. The van der Waals surface area contributed by atoms with Gasteiger partial charge in [-0.1, -0.05) is 12.8 Å². The van der Waals surface area contributed by atoms with Crippen molar-refractivity contribution in [1.82, 2.24) is 0 Å². The SMILES string of the molecule is NC1CSC1C1CCCC1. The Kier molecular flexibility index (Phi) is 1.92. The third-order valence-corrected chi connectivity index (χ3v) is 4.46. The predicted octanol–water partition coefficient (Wildman–Crippen LogP) is 1.62. The summed E-state index contributed by atoms with van der Waals surface area (Å²) in [6.07, 6.45) is 5.81. The highest BCUT2D eigenvalue weighted by molar-refractivity contribution is 8.01. The number of nitrogens with two attached hydrogens (primary N) is 1. The largest absolute Gasteiger partial charge is 0.326 e. The lowest BCUT2D eigenvalue weighted by Crippen LogP contribution is -2.47. The molecule has 1 aliphatic heterocycles. The van der Waals surface area contributed by atoms with E-state index in [1.807, 2.05) is 0 Å². The van der Waals surface area contributed by atoms with Crippen LogP contribution < -0.4 is 5.73 Å². The fourth-order valence-corrected chi connectivity index (χ4v) is 3.27. The second-order valence-electron chi connectivity index (χ2n) is 3.51. The lowest BCUT2D eigenvalue weighted by Gasteiger charge is -2.37. The van der Waals surface area contributed by atoms with E-state index < -0.39 is 0 Å². The van der Waals surface area contributed by atoms with Gasteiger partial charge in [-0.3, -0.25) is 0 Å². The van der Waals surface area contributed by atoms with Crippen LogP contribution in [-0.2, 0) is 0 Å². The summed E-state index contributed by atoms with van der Waals surface area (Å²) in [6, 6.07) is 0.535. The third kappa shape index (κ3) is 1.08. The van der Waals surface area contributed by atoms with Gasteiger partial charge in [-0.25, -0.2) is 0 Å². The number of rotatable bonds is 1. The first-order valence-corrected chi connectivity index (χ1v) is 5.30. The average molecular weight is 157 g/mol. The van der Waals surface area contributed by atoms with Gasteiger partial charge in [0.15, 0.2) is 0 Å². The highest BCUT2D eigenvalue weighted by Crippen LogP contribution is 2.41. The fraction of sp³-hybridized carbons (Fsp3) is 1.00. The topological polar surface area (TPSA) is 26.0 Å². The van der Waals surface area contributed by atoms with E-state index in [9.17, 15) is 0 Å². The molecule has 2 atom stereocenters. The monoisotopic (exact) mass is 157 g/mol. The second kappa shape index (κ2) is 2.74. The summed E-state index contributed by atoms with van der Waals surface area (Å²) in [5.74, 6) is 2.19. The Balaban J connectivity index is 1.86. The van der Waals surface area contributed by atoms with E-state index in [-0.39, 0.29) is 0 Å². The molecule has 0 aromatic rings. The Bertz CT molecular complexity index is 120. The van der Waals surface area contributed by atoms with E-state index in [0.29, 0.717) is 6.04 Å². The van der Waals surface area contributed by atoms with Crippen molar-refractivity contribution in [2.45, 2.75) is 37.0 Å². The molecule has 1 nitrogen and oxygen atoms in total. The van der Waals surface area contributed by atoms with Gasteiger partial charge in [0.2, 0.25) is 0 Å². The van der Waals surface area contributed by atoms with Crippen LogP contribution in [0.5, 0.6) is 0 Å². The second-order valence-corrected chi connectivity index (χ2v) is 4.72. The molecule has 2 aliphatic rings. The molecule has 0 radical (unpaired) electrons. The van der Waals surface area contributed by atoms with E-state index in [2.05, 4.69) is 11.8 Å². The zero-order valence-corrected chi connectivity index (χ0v) is 7.07. The van der Waals surface area contributed by atoms with Gasteiger partial charge in [-0.2, -0.15) is 11.8 Å². The predicted molar refractivity (Wildman–Crippen MR) is 46.2 cm³/mol. The highest BCUT2D eigenvalue weighted by atomic mass is 32.2. The van der Waals surface area contributed by atoms with E-state index in [1.165, 1.54) is 31.4 Å². The van der Waals surface area contributed by atoms with Crippen molar-refractivity contribution in [3.05, 3.63) is 0 Å². The molecule has 0 amide bonds. The molecule has 2 fully saturated rings. The lowest BCUT2D eigenvalue weighted by molar-refractivity contribution is 0.456. The molecule has 2 unspecified atom stereocenters. The van der Waals surface area contributed by atoms with E-state index in [0.717, 1.165) is 11.2 Å². The van der Waals surface area contributed by atoms with Crippen molar-refractivity contribution in [2.24, 2.45) is 11.7 Å². The Morgan fingerprint density at radius 2 is 1.90 bits per heavy atom. The summed E-state index contributed by atoms with van der Waals surface area (Å²) in [5.41, 5.74) is 5.88. The van der Waals surface area contributed by atoms with Crippen molar-refractivity contribution in [3.8, 4) is 0 Å². The Hall–Kier alpha value is 0.310. The normalized spacial score (nSPS) is 41.7. The van der Waals surface area contributed by atoms with Crippen LogP contribution in [0.2, 0.25) is 0 Å². The standard InChI is InChI=1S/C8H15NS/c9-7-5-10-8(7)6-3-1-2-4-6/h6-8H,1-5,9H2. The first-order chi connectivity index (χ1) is 4.88. The third-order valence-electron chi connectivity index (χ3n) is 2.77. The van der Waals surface area contributed by atoms with Gasteiger partial charge in [0.1, 0.15) is 0 Å². The summed E-state index contributed by atoms with van der Waals surface area (Å²) in [4.78, 5) is 0. The molecular weight excluding hydrogens is 142 g/mol. The van der Waals surface area contributed by atoms with Crippen molar-refractivity contribution < 1.29 is 0 Å². The van der Waals surface area contributed by atoms with Crippen LogP contribution in [-0.4, -0.2) is 17.0 Å². The molecule has 0 aromatic carbocycles. The van der Waals surface area contributed by atoms with Gasteiger partial charge >= 0.3 is 0 Å². The van der Waals surface area contributed by atoms with Gasteiger partial charge in [-0.15, -0.1) is 0 Å². The summed E-state index contributed by atoms with van der Waals surface area (Å²) < 4.78 is 0. The van der Waals surface area contributed by atoms with Crippen LogP contribution >= 0.6 is 11.8 Å². The molecule has 58 valence electrons. The van der Waals surface area contributed by atoms with Gasteiger partial charge < -0.3 is 5.73 Å². The van der Waals surface area contributed by atoms with Crippen LogP contribution in [0.15, 0.2) is 0 Å². The van der Waals surface area contributed by atoms with Crippen molar-refractivity contribution >= 4 is 11.8 Å². The van der Waals surface area contributed by atoms with E-state index >= 15 is 0 Å². The van der Waals surface area contributed by atoms with E-state index in [1.54, 1.807) is 0 Å². The van der Waals surface area contributed by atoms with E-state index in [4.69, 9.17) is 5.73 Å². The molecule has 2 N–H and O–H groups in total. The van der Waals surface area contributed by atoms with Gasteiger partial charge in [0, 0.05) is 17.0 Å². The van der Waals surface area contributed by atoms with Crippen molar-refractivity contribution in [2.75, 3.05) is 5.75 Å².